The van der Waals surface area contributed by atoms with E-state index in [0.29, 0.717) is 39.8 Å². The Morgan fingerprint density at radius 3 is 2.40 bits per heavy atom. The van der Waals surface area contributed by atoms with E-state index in [1.807, 2.05) is 48.3 Å². The molecule has 1 saturated heterocycles. The summed E-state index contributed by atoms with van der Waals surface area (Å²) in [5.41, 5.74) is 6.75. The minimum atomic E-state index is -3.65. The van der Waals surface area contributed by atoms with Crippen LogP contribution in [-0.2, 0) is 16.6 Å². The molecule has 0 radical (unpaired) electrons. The van der Waals surface area contributed by atoms with E-state index in [0.717, 1.165) is 72.5 Å². The Morgan fingerprint density at radius 1 is 0.957 bits per heavy atom. The number of sulfonamides is 1. The van der Waals surface area contributed by atoms with Crippen molar-refractivity contribution in [2.75, 3.05) is 13.1 Å². The van der Waals surface area contributed by atoms with Gasteiger partial charge < -0.3 is 0 Å². The third-order valence-corrected chi connectivity index (χ3v) is 12.1. The second-order valence-corrected chi connectivity index (χ2v) is 16.1. The molecule has 1 amide bonds. The first-order valence-corrected chi connectivity index (χ1v) is 19.1. The number of hydrazine groups is 1. The number of hydrogen-bond acceptors (Lipinski definition) is 6. The van der Waals surface area contributed by atoms with Gasteiger partial charge in [0.05, 0.1) is 31.4 Å². The van der Waals surface area contributed by atoms with Gasteiger partial charge in [0.25, 0.3) is 5.91 Å². The van der Waals surface area contributed by atoms with Crippen LogP contribution in [0.3, 0.4) is 0 Å². The molecule has 12 heteroatoms. The van der Waals surface area contributed by atoms with Crippen molar-refractivity contribution in [2.45, 2.75) is 70.1 Å². The molecule has 246 valence electrons. The van der Waals surface area contributed by atoms with E-state index in [-0.39, 0.29) is 12.2 Å². The molecule has 6 rings (SSSR count). The van der Waals surface area contributed by atoms with Gasteiger partial charge in [-0.25, -0.2) is 22.8 Å². The van der Waals surface area contributed by atoms with Crippen LogP contribution in [0.15, 0.2) is 54.6 Å². The van der Waals surface area contributed by atoms with Crippen molar-refractivity contribution in [2.24, 2.45) is 0 Å². The second kappa shape index (κ2) is 14.9. The fourth-order valence-electron chi connectivity index (χ4n) is 6.05. The maximum absolute atomic E-state index is 13.9. The molecule has 4 aromatic rings. The molecule has 1 saturated carbocycles. The number of piperidine rings is 1. The lowest BCUT2D eigenvalue weighted by atomic mass is 10.0. The lowest BCUT2D eigenvalue weighted by molar-refractivity contribution is 0.0743. The molecule has 1 aliphatic heterocycles. The zero-order chi connectivity index (χ0) is 33.0. The molecule has 0 unspecified atom stereocenters. The van der Waals surface area contributed by atoms with Crippen LogP contribution in [-0.4, -0.2) is 47.5 Å². The highest BCUT2D eigenvalue weighted by atomic mass is 35.5. The van der Waals surface area contributed by atoms with E-state index >= 15 is 0 Å². The Labute approximate surface area is 290 Å². The standard InChI is InChI=1S/C35H37Cl2N5O3S2/c1-24-10-12-25(13-11-24)14-16-27-17-19-32(46-27)34-29(23-38-47(44,45)28-8-4-2-5-9-28)33(35(43)40-41-20-6-3-7-21-41)39-42(34)31-18-15-26(36)22-30(31)37/h10-13,15,17-19,22,28,38H,2-9,20-21,23H2,1H3,(H,40,43). The largest absolute Gasteiger partial charge is 0.286 e. The highest BCUT2D eigenvalue weighted by Gasteiger charge is 2.31. The average molecular weight is 711 g/mol. The SMILES string of the molecule is Cc1ccc(C#Cc2ccc(-c3c(CNS(=O)(=O)C4CCCCC4)c(C(=O)NN4CCCCC4)nn3-c3ccc(Cl)cc3Cl)s2)cc1. The highest BCUT2D eigenvalue weighted by Crippen LogP contribution is 2.37. The molecule has 1 aliphatic carbocycles. The number of aryl methyl sites for hydroxylation is 1. The number of halogens is 2. The van der Waals surface area contributed by atoms with E-state index in [1.54, 1.807) is 22.9 Å². The molecule has 2 fully saturated rings. The van der Waals surface area contributed by atoms with Gasteiger partial charge in [0.15, 0.2) is 5.69 Å². The molecule has 0 atom stereocenters. The van der Waals surface area contributed by atoms with Crippen molar-refractivity contribution in [1.82, 2.24) is 24.9 Å². The minimum Gasteiger partial charge on any atom is -0.283 e. The third-order valence-electron chi connectivity index (χ3n) is 8.61. The van der Waals surface area contributed by atoms with Crippen molar-refractivity contribution < 1.29 is 13.2 Å². The lowest BCUT2D eigenvalue weighted by Gasteiger charge is -2.26. The predicted molar refractivity (Wildman–Crippen MR) is 190 cm³/mol. The molecule has 47 heavy (non-hydrogen) atoms. The maximum Gasteiger partial charge on any atom is 0.286 e. The number of nitrogens with one attached hydrogen (secondary N) is 2. The first-order valence-electron chi connectivity index (χ1n) is 16.0. The van der Waals surface area contributed by atoms with Crippen molar-refractivity contribution in [3.8, 4) is 28.1 Å². The summed E-state index contributed by atoms with van der Waals surface area (Å²) in [5, 5.41) is 7.07. The number of thiophene rings is 1. The molecule has 3 heterocycles. The zero-order valence-electron chi connectivity index (χ0n) is 26.2. The van der Waals surface area contributed by atoms with Crippen LogP contribution in [0.25, 0.3) is 16.3 Å². The monoisotopic (exact) mass is 709 g/mol. The van der Waals surface area contributed by atoms with Crippen LogP contribution in [0, 0.1) is 18.8 Å². The molecule has 2 aliphatic rings. The van der Waals surface area contributed by atoms with Gasteiger partial charge in [0.2, 0.25) is 10.0 Å². The van der Waals surface area contributed by atoms with E-state index in [4.69, 9.17) is 28.3 Å². The maximum atomic E-state index is 13.9. The van der Waals surface area contributed by atoms with Gasteiger partial charge >= 0.3 is 0 Å². The summed E-state index contributed by atoms with van der Waals surface area (Å²) in [4.78, 5) is 15.5. The Kier molecular flexibility index (Phi) is 10.7. The van der Waals surface area contributed by atoms with Gasteiger partial charge in [-0.05, 0) is 75.1 Å². The van der Waals surface area contributed by atoms with Crippen molar-refractivity contribution in [3.63, 3.8) is 0 Å². The minimum absolute atomic E-state index is 0.107. The van der Waals surface area contributed by atoms with Crippen molar-refractivity contribution in [1.29, 1.82) is 0 Å². The van der Waals surface area contributed by atoms with Crippen LogP contribution >= 0.6 is 34.5 Å². The summed E-state index contributed by atoms with van der Waals surface area (Å²) in [6.45, 7) is 3.40. The molecule has 0 bridgehead atoms. The third kappa shape index (κ3) is 8.11. The van der Waals surface area contributed by atoms with Gasteiger partial charge in [0, 0.05) is 35.8 Å². The predicted octanol–water partition coefficient (Wildman–Crippen LogP) is 7.50. The summed E-state index contributed by atoms with van der Waals surface area (Å²) in [6.07, 6.45) is 7.13. The number of amides is 1. The van der Waals surface area contributed by atoms with E-state index in [9.17, 15) is 13.2 Å². The van der Waals surface area contributed by atoms with Gasteiger partial charge in [-0.3, -0.25) is 10.2 Å². The summed E-state index contributed by atoms with van der Waals surface area (Å²) >= 11 is 14.4. The molecule has 0 spiro atoms. The van der Waals surface area contributed by atoms with Crippen LogP contribution in [0.1, 0.15) is 83.4 Å². The summed E-state index contributed by atoms with van der Waals surface area (Å²) < 4.78 is 31.5. The number of nitrogens with zero attached hydrogens (tertiary/aromatic N) is 3. The molecular formula is C35H37Cl2N5O3S2. The smallest absolute Gasteiger partial charge is 0.283 e. The second-order valence-electron chi connectivity index (χ2n) is 12.1. The van der Waals surface area contributed by atoms with E-state index in [1.165, 1.54) is 11.3 Å². The molecular weight excluding hydrogens is 673 g/mol. The van der Waals surface area contributed by atoms with Gasteiger partial charge in [0.1, 0.15) is 0 Å². The Hall–Kier alpha value is -3.17. The number of aromatic nitrogens is 2. The number of rotatable bonds is 8. The molecule has 2 aromatic carbocycles. The summed E-state index contributed by atoms with van der Waals surface area (Å²) in [6, 6.07) is 16.9. The zero-order valence-corrected chi connectivity index (χ0v) is 29.3. The first kappa shape index (κ1) is 33.7. The number of carbonyl (C=O) groups excluding carboxylic acids is 1. The normalized spacial score (nSPS) is 16.1. The van der Waals surface area contributed by atoms with Crippen LogP contribution in [0.2, 0.25) is 10.0 Å². The fourth-order valence-corrected chi connectivity index (χ4v) is 8.99. The lowest BCUT2D eigenvalue weighted by Crippen LogP contribution is -2.45. The summed E-state index contributed by atoms with van der Waals surface area (Å²) in [7, 11) is -3.65. The van der Waals surface area contributed by atoms with Crippen molar-refractivity contribution in [3.05, 3.63) is 91.9 Å². The topological polar surface area (TPSA) is 96.3 Å². The quantitative estimate of drug-likeness (QED) is 0.185. The fraction of sp³-hybridized carbons (Fsp3) is 0.371. The van der Waals surface area contributed by atoms with Crippen LogP contribution < -0.4 is 10.1 Å². The van der Waals surface area contributed by atoms with Crippen molar-refractivity contribution >= 4 is 50.5 Å². The van der Waals surface area contributed by atoms with Crippen LogP contribution in [0.4, 0.5) is 0 Å². The van der Waals surface area contributed by atoms with E-state index < -0.39 is 21.2 Å². The Balaban J connectivity index is 1.45. The number of hydrogen-bond donors (Lipinski definition) is 2. The number of carbonyl (C=O) groups is 1. The number of benzene rings is 2. The summed E-state index contributed by atoms with van der Waals surface area (Å²) in [5.74, 6) is 6.07. The van der Waals surface area contributed by atoms with Gasteiger partial charge in [-0.2, -0.15) is 5.10 Å². The highest BCUT2D eigenvalue weighted by molar-refractivity contribution is 7.90. The first-order chi connectivity index (χ1) is 22.7. The molecule has 8 nitrogen and oxygen atoms in total. The molecule has 2 aromatic heterocycles. The average Bonchev–Trinajstić information content (AvgIpc) is 3.69. The van der Waals surface area contributed by atoms with Gasteiger partial charge in [-0.1, -0.05) is 78.4 Å². The van der Waals surface area contributed by atoms with Crippen LogP contribution in [0.5, 0.6) is 0 Å². The van der Waals surface area contributed by atoms with E-state index in [2.05, 4.69) is 22.0 Å². The van der Waals surface area contributed by atoms with Gasteiger partial charge in [-0.15, -0.1) is 11.3 Å². The Bertz CT molecular complexity index is 1910. The molecule has 2 N–H and O–H groups in total. The Morgan fingerprint density at radius 2 is 1.68 bits per heavy atom.